The van der Waals surface area contributed by atoms with E-state index in [2.05, 4.69) is 61.1 Å². The molecule has 0 saturated carbocycles. The van der Waals surface area contributed by atoms with Gasteiger partial charge in [0.2, 0.25) is 0 Å². The second-order valence-electron chi connectivity index (χ2n) is 5.38. The minimum absolute atomic E-state index is 0.530. The van der Waals surface area contributed by atoms with Crippen LogP contribution in [-0.4, -0.2) is 25.1 Å². The molecule has 0 aliphatic rings. The molecule has 3 heteroatoms. The molecule has 0 saturated heterocycles. The molecule has 2 aromatic rings. The average Bonchev–Trinajstić information content (AvgIpc) is 2.47. The lowest BCUT2D eigenvalue weighted by molar-refractivity contribution is 0.849. The van der Waals surface area contributed by atoms with Crippen LogP contribution >= 0.6 is 0 Å². The van der Waals surface area contributed by atoms with Crippen molar-refractivity contribution in [1.82, 2.24) is 4.98 Å². The summed E-state index contributed by atoms with van der Waals surface area (Å²) >= 11 is 0. The van der Waals surface area contributed by atoms with Crippen molar-refractivity contribution in [2.75, 3.05) is 30.4 Å². The third kappa shape index (κ3) is 2.58. The first-order valence-electron chi connectivity index (χ1n) is 7.47. The molecule has 1 aromatic heterocycles. The lowest BCUT2D eigenvalue weighted by atomic mass is 9.99. The number of pyridine rings is 1. The van der Waals surface area contributed by atoms with Crippen molar-refractivity contribution in [3.63, 3.8) is 0 Å². The van der Waals surface area contributed by atoms with E-state index in [4.69, 9.17) is 0 Å². The van der Waals surface area contributed by atoms with Gasteiger partial charge in [0.05, 0.1) is 11.9 Å². The largest absolute Gasteiger partial charge is 0.386 e. The second-order valence-corrected chi connectivity index (χ2v) is 5.38. The van der Waals surface area contributed by atoms with Crippen LogP contribution < -0.4 is 10.2 Å². The molecule has 0 aliphatic heterocycles. The van der Waals surface area contributed by atoms with Crippen LogP contribution in [0.25, 0.3) is 10.8 Å². The van der Waals surface area contributed by atoms with Crippen LogP contribution in [0.15, 0.2) is 24.4 Å². The Balaban J connectivity index is 2.71. The maximum Gasteiger partial charge on any atom is 0.136 e. The van der Waals surface area contributed by atoms with Crippen LogP contribution in [0.2, 0.25) is 0 Å². The minimum atomic E-state index is 0.530. The van der Waals surface area contributed by atoms with Crippen molar-refractivity contribution in [3.05, 3.63) is 30.0 Å². The van der Waals surface area contributed by atoms with Gasteiger partial charge in [0.1, 0.15) is 5.82 Å². The number of fused-ring (bicyclic) bond motifs is 1. The second kappa shape index (κ2) is 6.12. The molecule has 0 aliphatic carbocycles. The third-order valence-electron chi connectivity index (χ3n) is 3.89. The summed E-state index contributed by atoms with van der Waals surface area (Å²) in [5.41, 5.74) is 2.45. The van der Waals surface area contributed by atoms with Gasteiger partial charge in [-0.3, -0.25) is 0 Å². The predicted octanol–water partition coefficient (Wildman–Crippen LogP) is 4.25. The van der Waals surface area contributed by atoms with Crippen LogP contribution in [0.1, 0.15) is 39.2 Å². The topological polar surface area (TPSA) is 28.2 Å². The van der Waals surface area contributed by atoms with E-state index >= 15 is 0 Å². The molecule has 20 heavy (non-hydrogen) atoms. The first kappa shape index (κ1) is 14.6. The Morgan fingerprint density at radius 2 is 1.85 bits per heavy atom. The van der Waals surface area contributed by atoms with E-state index in [9.17, 15) is 0 Å². The molecule has 0 bridgehead atoms. The molecular weight excluding hydrogens is 246 g/mol. The molecule has 1 N–H and O–H groups in total. The Bertz CT molecular complexity index is 586. The quantitative estimate of drug-likeness (QED) is 0.881. The van der Waals surface area contributed by atoms with Gasteiger partial charge in [-0.2, -0.15) is 0 Å². The Labute approximate surface area is 122 Å². The van der Waals surface area contributed by atoms with Crippen LogP contribution in [0, 0.1) is 0 Å². The molecule has 108 valence electrons. The van der Waals surface area contributed by atoms with Crippen LogP contribution in [0.4, 0.5) is 11.5 Å². The van der Waals surface area contributed by atoms with E-state index < -0.39 is 0 Å². The van der Waals surface area contributed by atoms with Gasteiger partial charge in [0, 0.05) is 30.9 Å². The molecule has 0 radical (unpaired) electrons. The highest BCUT2D eigenvalue weighted by Crippen LogP contribution is 2.32. The normalized spacial score (nSPS) is 11.1. The highest BCUT2D eigenvalue weighted by atomic mass is 15.2. The molecule has 0 fully saturated rings. The highest BCUT2D eigenvalue weighted by molar-refractivity contribution is 6.00. The standard InChI is InChI=1S/C17H25N3/c1-6-20(7-2)17-15-10-13(12(3)4)8-9-14(15)16(18-5)11-19-17/h8-12,18H,6-7H2,1-5H3. The van der Waals surface area contributed by atoms with Gasteiger partial charge in [-0.1, -0.05) is 26.0 Å². The Kier molecular flexibility index (Phi) is 4.48. The molecule has 1 heterocycles. The van der Waals surface area contributed by atoms with Gasteiger partial charge >= 0.3 is 0 Å². The molecule has 0 amide bonds. The number of nitrogens with one attached hydrogen (secondary N) is 1. The number of benzene rings is 1. The summed E-state index contributed by atoms with van der Waals surface area (Å²) in [5.74, 6) is 1.62. The fourth-order valence-corrected chi connectivity index (χ4v) is 2.58. The molecule has 0 spiro atoms. The van der Waals surface area contributed by atoms with Crippen molar-refractivity contribution in [2.45, 2.75) is 33.6 Å². The predicted molar refractivity (Wildman–Crippen MR) is 88.9 cm³/mol. The van der Waals surface area contributed by atoms with Gasteiger partial charge in [0.25, 0.3) is 0 Å². The van der Waals surface area contributed by atoms with Gasteiger partial charge in [0.15, 0.2) is 0 Å². The summed E-state index contributed by atoms with van der Waals surface area (Å²) in [6, 6.07) is 6.73. The fourth-order valence-electron chi connectivity index (χ4n) is 2.58. The van der Waals surface area contributed by atoms with E-state index in [1.807, 2.05) is 13.2 Å². The number of nitrogens with zero attached hydrogens (tertiary/aromatic N) is 2. The summed E-state index contributed by atoms with van der Waals surface area (Å²) in [6.07, 6.45) is 1.94. The van der Waals surface area contributed by atoms with Crippen LogP contribution in [0.3, 0.4) is 0 Å². The fraction of sp³-hybridized carbons (Fsp3) is 0.471. The summed E-state index contributed by atoms with van der Waals surface area (Å²) in [4.78, 5) is 6.99. The van der Waals surface area contributed by atoms with Crippen LogP contribution in [-0.2, 0) is 0 Å². The van der Waals surface area contributed by atoms with Gasteiger partial charge in [-0.25, -0.2) is 4.98 Å². The van der Waals surface area contributed by atoms with Gasteiger partial charge in [-0.15, -0.1) is 0 Å². The Morgan fingerprint density at radius 1 is 1.15 bits per heavy atom. The van der Waals surface area contributed by atoms with Crippen molar-refractivity contribution in [1.29, 1.82) is 0 Å². The zero-order valence-electron chi connectivity index (χ0n) is 13.2. The summed E-state index contributed by atoms with van der Waals surface area (Å²) in [6.45, 7) is 10.8. The molecule has 3 nitrogen and oxygen atoms in total. The Morgan fingerprint density at radius 3 is 2.40 bits per heavy atom. The SMILES string of the molecule is CCN(CC)c1ncc(NC)c2ccc(C(C)C)cc12. The lowest BCUT2D eigenvalue weighted by Crippen LogP contribution is -2.23. The maximum absolute atomic E-state index is 4.68. The van der Waals surface area contributed by atoms with Crippen molar-refractivity contribution in [2.24, 2.45) is 0 Å². The summed E-state index contributed by atoms with van der Waals surface area (Å²) in [5, 5.41) is 5.73. The van der Waals surface area contributed by atoms with E-state index in [1.165, 1.54) is 16.3 Å². The molecule has 2 rings (SSSR count). The van der Waals surface area contributed by atoms with Gasteiger partial charge < -0.3 is 10.2 Å². The monoisotopic (exact) mass is 271 g/mol. The van der Waals surface area contributed by atoms with E-state index in [-0.39, 0.29) is 0 Å². The van der Waals surface area contributed by atoms with Crippen molar-refractivity contribution in [3.8, 4) is 0 Å². The number of hydrogen-bond donors (Lipinski definition) is 1. The van der Waals surface area contributed by atoms with Crippen molar-refractivity contribution < 1.29 is 0 Å². The third-order valence-corrected chi connectivity index (χ3v) is 3.89. The van der Waals surface area contributed by atoms with E-state index in [1.54, 1.807) is 0 Å². The van der Waals surface area contributed by atoms with Gasteiger partial charge in [-0.05, 0) is 31.4 Å². The molecule has 0 unspecified atom stereocenters. The van der Waals surface area contributed by atoms with Crippen molar-refractivity contribution >= 4 is 22.3 Å². The average molecular weight is 271 g/mol. The lowest BCUT2D eigenvalue weighted by Gasteiger charge is -2.23. The smallest absolute Gasteiger partial charge is 0.136 e. The molecular formula is C17H25N3. The van der Waals surface area contributed by atoms with E-state index in [0.717, 1.165) is 24.6 Å². The summed E-state index contributed by atoms with van der Waals surface area (Å²) in [7, 11) is 1.95. The first-order valence-corrected chi connectivity index (χ1v) is 7.47. The highest BCUT2D eigenvalue weighted by Gasteiger charge is 2.12. The maximum atomic E-state index is 4.68. The number of anilines is 2. The Hall–Kier alpha value is -1.77. The number of aromatic nitrogens is 1. The van der Waals surface area contributed by atoms with Crippen LogP contribution in [0.5, 0.6) is 0 Å². The number of rotatable bonds is 5. The first-order chi connectivity index (χ1) is 9.62. The van der Waals surface area contributed by atoms with E-state index in [0.29, 0.717) is 5.92 Å². The molecule has 0 atom stereocenters. The summed E-state index contributed by atoms with van der Waals surface area (Å²) < 4.78 is 0. The zero-order valence-corrected chi connectivity index (χ0v) is 13.2. The minimum Gasteiger partial charge on any atom is -0.386 e. The zero-order chi connectivity index (χ0) is 14.7. The number of hydrogen-bond acceptors (Lipinski definition) is 3. The molecule has 1 aromatic carbocycles.